The van der Waals surface area contributed by atoms with Crippen LogP contribution in [0.15, 0.2) is 42.5 Å². The molecule has 10 heteroatoms. The molecule has 2 amide bonds. The van der Waals surface area contributed by atoms with E-state index in [1.165, 1.54) is 4.90 Å². The van der Waals surface area contributed by atoms with Gasteiger partial charge in [-0.15, -0.1) is 0 Å². The molecule has 0 bridgehead atoms. The highest BCUT2D eigenvalue weighted by Gasteiger charge is 2.32. The van der Waals surface area contributed by atoms with Crippen molar-refractivity contribution in [3.8, 4) is 0 Å². The van der Waals surface area contributed by atoms with Crippen LogP contribution < -0.4 is 9.62 Å². The van der Waals surface area contributed by atoms with E-state index >= 15 is 0 Å². The third-order valence-corrected chi connectivity index (χ3v) is 6.68. The second-order valence-corrected chi connectivity index (χ2v) is 10.8. The van der Waals surface area contributed by atoms with Gasteiger partial charge in [-0.05, 0) is 42.5 Å². The topological polar surface area (TPSA) is 86.8 Å². The zero-order valence-corrected chi connectivity index (χ0v) is 21.5. The lowest BCUT2D eigenvalue weighted by atomic mass is 10.1. The van der Waals surface area contributed by atoms with Gasteiger partial charge in [-0.2, -0.15) is 0 Å². The highest BCUT2D eigenvalue weighted by Crippen LogP contribution is 2.22. The van der Waals surface area contributed by atoms with E-state index in [9.17, 15) is 26.8 Å². The van der Waals surface area contributed by atoms with Crippen molar-refractivity contribution in [2.45, 2.75) is 46.7 Å². The van der Waals surface area contributed by atoms with Gasteiger partial charge in [0.1, 0.15) is 12.6 Å². The van der Waals surface area contributed by atoms with E-state index in [2.05, 4.69) is 5.32 Å². The molecule has 0 saturated heterocycles. The Kier molecular flexibility index (Phi) is 9.76. The number of hydrogen-bond donors (Lipinski definition) is 1. The van der Waals surface area contributed by atoms with Gasteiger partial charge in [-0.25, -0.2) is 17.2 Å². The molecule has 2 aromatic carbocycles. The molecular weight excluding hydrogens is 476 g/mol. The minimum atomic E-state index is -4.04. The van der Waals surface area contributed by atoms with Gasteiger partial charge in [-0.1, -0.05) is 45.0 Å². The van der Waals surface area contributed by atoms with Gasteiger partial charge in [0.15, 0.2) is 11.6 Å². The Morgan fingerprint density at radius 3 is 2.26 bits per heavy atom. The molecule has 0 aliphatic heterocycles. The third-order valence-electron chi connectivity index (χ3n) is 5.54. The van der Waals surface area contributed by atoms with Crippen LogP contribution in [0.3, 0.4) is 0 Å². The molecule has 7 nitrogen and oxygen atoms in total. The quantitative estimate of drug-likeness (QED) is 0.501. The number of anilines is 1. The summed E-state index contributed by atoms with van der Waals surface area (Å²) in [4.78, 5) is 27.9. The maximum absolute atomic E-state index is 13.8. The summed E-state index contributed by atoms with van der Waals surface area (Å²) in [5.74, 6) is -3.16. The Hall–Kier alpha value is -3.01. The lowest BCUT2D eigenvalue weighted by molar-refractivity contribution is -0.140. The summed E-state index contributed by atoms with van der Waals surface area (Å²) in [6.45, 7) is 7.36. The lowest BCUT2D eigenvalue weighted by Crippen LogP contribution is -2.52. The van der Waals surface area contributed by atoms with E-state index < -0.39 is 40.2 Å². The van der Waals surface area contributed by atoms with E-state index in [1.54, 1.807) is 6.92 Å². The Balaban J connectivity index is 2.45. The number of hydrogen-bond acceptors (Lipinski definition) is 4. The van der Waals surface area contributed by atoms with Crippen molar-refractivity contribution in [1.82, 2.24) is 10.2 Å². The molecule has 0 aliphatic rings. The number of nitrogens with zero attached hydrogens (tertiary/aromatic N) is 2. The molecule has 1 N–H and O–H groups in total. The number of sulfonamides is 1. The van der Waals surface area contributed by atoms with Gasteiger partial charge in [0, 0.05) is 19.2 Å². The smallest absolute Gasteiger partial charge is 0.244 e. The van der Waals surface area contributed by atoms with Crippen LogP contribution in [0.5, 0.6) is 0 Å². The predicted molar refractivity (Wildman–Crippen MR) is 132 cm³/mol. The summed E-state index contributed by atoms with van der Waals surface area (Å²) in [5.41, 5.74) is 1.52. The highest BCUT2D eigenvalue weighted by molar-refractivity contribution is 7.92. The standard InChI is InChI=1S/C25H33F2N3O4S/c1-6-23(25(32)28-14-17(2)3)29(15-19-10-8-7-9-18(19)4)24(31)16-30(35(5,33)34)20-11-12-21(26)22(27)13-20/h7-13,17,23H,6,14-16H2,1-5H3,(H,28,32)/t23-/m1/s1. The van der Waals surface area contributed by atoms with Crippen LogP contribution in [0.25, 0.3) is 0 Å². The van der Waals surface area contributed by atoms with E-state index in [0.717, 1.165) is 35.6 Å². The molecule has 2 rings (SSSR count). The average molecular weight is 510 g/mol. The van der Waals surface area contributed by atoms with Gasteiger partial charge < -0.3 is 10.2 Å². The molecule has 2 aromatic rings. The molecule has 192 valence electrons. The molecular formula is C25H33F2N3O4S. The number of rotatable bonds is 11. The number of amides is 2. The van der Waals surface area contributed by atoms with Gasteiger partial charge in [-0.3, -0.25) is 13.9 Å². The molecule has 0 spiro atoms. The Bertz CT molecular complexity index is 1160. The molecule has 0 aliphatic carbocycles. The summed E-state index contributed by atoms with van der Waals surface area (Å²) in [7, 11) is -4.04. The fraction of sp³-hybridized carbons (Fsp3) is 0.440. The fourth-order valence-corrected chi connectivity index (χ4v) is 4.41. The van der Waals surface area contributed by atoms with Gasteiger partial charge >= 0.3 is 0 Å². The first kappa shape index (κ1) is 28.2. The van der Waals surface area contributed by atoms with Crippen molar-refractivity contribution in [3.05, 3.63) is 65.2 Å². The monoisotopic (exact) mass is 509 g/mol. The van der Waals surface area contributed by atoms with Crippen molar-refractivity contribution in [2.75, 3.05) is 23.7 Å². The van der Waals surface area contributed by atoms with Crippen molar-refractivity contribution in [2.24, 2.45) is 5.92 Å². The van der Waals surface area contributed by atoms with E-state index in [4.69, 9.17) is 0 Å². The maximum Gasteiger partial charge on any atom is 0.244 e. The highest BCUT2D eigenvalue weighted by atomic mass is 32.2. The molecule has 0 heterocycles. The van der Waals surface area contributed by atoms with Gasteiger partial charge in [0.2, 0.25) is 21.8 Å². The Labute approximate surface area is 206 Å². The molecule has 1 atom stereocenters. The molecule has 0 aromatic heterocycles. The third kappa shape index (κ3) is 7.74. The largest absolute Gasteiger partial charge is 0.354 e. The summed E-state index contributed by atoms with van der Waals surface area (Å²) in [6, 6.07) is 9.13. The lowest BCUT2D eigenvalue weighted by Gasteiger charge is -2.33. The van der Waals surface area contributed by atoms with Crippen LogP contribution in [0, 0.1) is 24.5 Å². The summed E-state index contributed by atoms with van der Waals surface area (Å²) in [6.07, 6.45) is 1.17. The first-order valence-corrected chi connectivity index (χ1v) is 13.2. The first-order valence-electron chi connectivity index (χ1n) is 11.4. The second-order valence-electron chi connectivity index (χ2n) is 8.88. The van der Waals surface area contributed by atoms with Crippen LogP contribution in [0.4, 0.5) is 14.5 Å². The number of carbonyl (C=O) groups is 2. The number of halogens is 2. The Morgan fingerprint density at radius 1 is 1.06 bits per heavy atom. The second kappa shape index (κ2) is 12.1. The van der Waals surface area contributed by atoms with Crippen LogP contribution in [0.1, 0.15) is 38.3 Å². The van der Waals surface area contributed by atoms with Crippen molar-refractivity contribution >= 4 is 27.5 Å². The van der Waals surface area contributed by atoms with Crippen molar-refractivity contribution in [1.29, 1.82) is 0 Å². The maximum atomic E-state index is 13.8. The van der Waals surface area contributed by atoms with Crippen LogP contribution >= 0.6 is 0 Å². The van der Waals surface area contributed by atoms with Crippen LogP contribution in [-0.4, -0.2) is 50.5 Å². The molecule has 0 radical (unpaired) electrons. The van der Waals surface area contributed by atoms with Gasteiger partial charge in [0.05, 0.1) is 11.9 Å². The molecule has 0 saturated carbocycles. The number of nitrogens with one attached hydrogen (secondary N) is 1. The van der Waals surface area contributed by atoms with E-state index in [1.807, 2.05) is 45.0 Å². The molecule has 35 heavy (non-hydrogen) atoms. The summed E-state index contributed by atoms with van der Waals surface area (Å²) in [5, 5.41) is 2.84. The minimum Gasteiger partial charge on any atom is -0.354 e. The normalized spacial score (nSPS) is 12.3. The predicted octanol–water partition coefficient (Wildman–Crippen LogP) is 3.62. The molecule has 0 fully saturated rings. The average Bonchev–Trinajstić information content (AvgIpc) is 2.78. The number of carbonyl (C=O) groups excluding carboxylic acids is 2. The molecule has 0 unspecified atom stereocenters. The number of aryl methyl sites for hydroxylation is 1. The summed E-state index contributed by atoms with van der Waals surface area (Å²) >= 11 is 0. The van der Waals surface area contributed by atoms with Gasteiger partial charge in [0.25, 0.3) is 0 Å². The summed E-state index contributed by atoms with van der Waals surface area (Å²) < 4.78 is 53.0. The van der Waals surface area contributed by atoms with E-state index in [-0.39, 0.29) is 24.1 Å². The minimum absolute atomic E-state index is 0.0779. The van der Waals surface area contributed by atoms with Crippen LogP contribution in [0.2, 0.25) is 0 Å². The van der Waals surface area contributed by atoms with Crippen molar-refractivity contribution in [3.63, 3.8) is 0 Å². The van der Waals surface area contributed by atoms with Crippen molar-refractivity contribution < 1.29 is 26.8 Å². The zero-order valence-electron chi connectivity index (χ0n) is 20.7. The fourth-order valence-electron chi connectivity index (χ4n) is 3.57. The zero-order chi connectivity index (χ0) is 26.3. The van der Waals surface area contributed by atoms with E-state index in [0.29, 0.717) is 17.3 Å². The first-order chi connectivity index (χ1) is 16.3. The van der Waals surface area contributed by atoms with Crippen LogP contribution in [-0.2, 0) is 26.2 Å². The number of benzene rings is 2. The SMILES string of the molecule is CC[C@H](C(=O)NCC(C)C)N(Cc1ccccc1C)C(=O)CN(c1ccc(F)c(F)c1)S(C)(=O)=O. The Morgan fingerprint density at radius 2 is 1.71 bits per heavy atom.